The van der Waals surface area contributed by atoms with E-state index in [1.54, 1.807) is 36.4 Å². The maximum absolute atomic E-state index is 11.4. The highest BCUT2D eigenvalue weighted by molar-refractivity contribution is 5.95. The van der Waals surface area contributed by atoms with Crippen molar-refractivity contribution in [2.75, 3.05) is 0 Å². The number of benzene rings is 4. The molecular formula is C26H20O4. The number of carboxylic acid groups (broad SMARTS) is 1. The van der Waals surface area contributed by atoms with Gasteiger partial charge in [0.25, 0.3) is 0 Å². The van der Waals surface area contributed by atoms with Crippen molar-refractivity contribution < 1.29 is 19.7 Å². The van der Waals surface area contributed by atoms with Crippen LogP contribution in [0.4, 0.5) is 0 Å². The number of phenolic OH excluding ortho intramolecular Hbond substituents is 1. The molecule has 0 fully saturated rings. The fourth-order valence-electron chi connectivity index (χ4n) is 3.46. The van der Waals surface area contributed by atoms with Crippen molar-refractivity contribution in [1.29, 1.82) is 0 Å². The molecule has 2 N–H and O–H groups in total. The molecule has 0 heterocycles. The summed E-state index contributed by atoms with van der Waals surface area (Å²) in [5.74, 6) is -0.201. The summed E-state index contributed by atoms with van der Waals surface area (Å²) in [4.78, 5) is 11.4. The molecule has 1 unspecified atom stereocenters. The van der Waals surface area contributed by atoms with Crippen LogP contribution in [0.2, 0.25) is 0 Å². The van der Waals surface area contributed by atoms with Crippen molar-refractivity contribution in [3.8, 4) is 28.4 Å². The van der Waals surface area contributed by atoms with Gasteiger partial charge in [0, 0.05) is 10.9 Å². The number of hydrogen-bond acceptors (Lipinski definition) is 3. The molecule has 30 heavy (non-hydrogen) atoms. The molecule has 4 heteroatoms. The van der Waals surface area contributed by atoms with Gasteiger partial charge in [0.1, 0.15) is 17.2 Å². The highest BCUT2D eigenvalue weighted by Gasteiger charge is 2.16. The van der Waals surface area contributed by atoms with Gasteiger partial charge in [0.2, 0.25) is 0 Å². The number of carbonyl (C=O) groups is 1. The quantitative estimate of drug-likeness (QED) is 0.372. The Labute approximate surface area is 174 Å². The van der Waals surface area contributed by atoms with E-state index >= 15 is 0 Å². The molecule has 0 saturated carbocycles. The van der Waals surface area contributed by atoms with Crippen molar-refractivity contribution >= 4 is 16.7 Å². The lowest BCUT2D eigenvalue weighted by Gasteiger charge is -2.15. The average Bonchev–Trinajstić information content (AvgIpc) is 2.76. The molecule has 4 aromatic carbocycles. The lowest BCUT2D eigenvalue weighted by atomic mass is 9.99. The van der Waals surface area contributed by atoms with E-state index in [-0.39, 0.29) is 5.75 Å². The number of hydrogen-bond donors (Lipinski definition) is 2. The molecule has 4 aromatic rings. The van der Waals surface area contributed by atoms with E-state index < -0.39 is 11.9 Å². The van der Waals surface area contributed by atoms with Gasteiger partial charge in [0.05, 0.1) is 5.92 Å². The van der Waals surface area contributed by atoms with Crippen LogP contribution in [-0.2, 0) is 4.79 Å². The minimum atomic E-state index is -0.942. The smallest absolute Gasteiger partial charge is 0.314 e. The number of aliphatic carboxylic acids is 1. The summed E-state index contributed by atoms with van der Waals surface area (Å²) in [6.45, 7) is 3.60. The fraction of sp³-hybridized carbons (Fsp3) is 0.0385. The molecule has 0 aliphatic rings. The number of aromatic hydroxyl groups is 1. The molecule has 0 spiro atoms. The Bertz CT molecular complexity index is 1210. The standard InChI is InChI=1S/C26H20O4/c1-2-22(26(28)29)18-9-14-21(15-10-18)30-25-23-6-4-3-5-17(23)11-16-24(25)19-7-12-20(27)13-8-19/h2-16,22,27H,1H2,(H,28,29). The Kier molecular flexibility index (Phi) is 5.22. The highest BCUT2D eigenvalue weighted by Crippen LogP contribution is 2.40. The van der Waals surface area contributed by atoms with Crippen LogP contribution in [0.15, 0.2) is 97.6 Å². The predicted molar refractivity (Wildman–Crippen MR) is 118 cm³/mol. The minimum Gasteiger partial charge on any atom is -0.508 e. The zero-order chi connectivity index (χ0) is 21.1. The van der Waals surface area contributed by atoms with E-state index in [0.717, 1.165) is 21.9 Å². The molecule has 0 aromatic heterocycles. The summed E-state index contributed by atoms with van der Waals surface area (Å²) < 4.78 is 6.30. The largest absolute Gasteiger partial charge is 0.508 e. The molecule has 0 bridgehead atoms. The SMILES string of the molecule is C=CC(C(=O)O)c1ccc(Oc2c(-c3ccc(O)cc3)ccc3ccccc23)cc1. The van der Waals surface area contributed by atoms with Gasteiger partial charge in [0.15, 0.2) is 0 Å². The van der Waals surface area contributed by atoms with Gasteiger partial charge in [-0.2, -0.15) is 0 Å². The van der Waals surface area contributed by atoms with Gasteiger partial charge in [-0.1, -0.05) is 60.7 Å². The number of carboxylic acids is 1. The number of rotatable bonds is 6. The Morgan fingerprint density at radius 3 is 2.27 bits per heavy atom. The lowest BCUT2D eigenvalue weighted by Crippen LogP contribution is -2.08. The van der Waals surface area contributed by atoms with Crippen molar-refractivity contribution in [1.82, 2.24) is 0 Å². The van der Waals surface area contributed by atoms with E-state index in [9.17, 15) is 15.0 Å². The Balaban J connectivity index is 1.77. The van der Waals surface area contributed by atoms with Crippen molar-refractivity contribution in [2.24, 2.45) is 0 Å². The second kappa shape index (κ2) is 8.13. The van der Waals surface area contributed by atoms with E-state index in [4.69, 9.17) is 4.74 Å². The van der Waals surface area contributed by atoms with Crippen LogP contribution in [0.25, 0.3) is 21.9 Å². The van der Waals surface area contributed by atoms with E-state index in [1.807, 2.05) is 48.5 Å². The molecule has 0 aliphatic carbocycles. The van der Waals surface area contributed by atoms with Gasteiger partial charge in [-0.3, -0.25) is 4.79 Å². The van der Waals surface area contributed by atoms with Crippen LogP contribution in [-0.4, -0.2) is 16.2 Å². The van der Waals surface area contributed by atoms with E-state index in [2.05, 4.69) is 6.58 Å². The second-order valence-electron chi connectivity index (χ2n) is 6.93. The molecule has 0 aliphatic heterocycles. The zero-order valence-corrected chi connectivity index (χ0v) is 16.2. The Morgan fingerprint density at radius 2 is 1.60 bits per heavy atom. The molecular weight excluding hydrogens is 376 g/mol. The summed E-state index contributed by atoms with van der Waals surface area (Å²) in [5.41, 5.74) is 2.46. The molecule has 0 amide bonds. The first-order valence-corrected chi connectivity index (χ1v) is 9.51. The minimum absolute atomic E-state index is 0.202. The molecule has 4 rings (SSSR count). The normalized spacial score (nSPS) is 11.7. The third-order valence-corrected chi connectivity index (χ3v) is 5.02. The van der Waals surface area contributed by atoms with Crippen LogP contribution in [0, 0.1) is 0 Å². The predicted octanol–water partition coefficient (Wildman–Crippen LogP) is 6.36. The van der Waals surface area contributed by atoms with Crippen LogP contribution < -0.4 is 4.74 Å². The summed E-state index contributed by atoms with van der Waals surface area (Å²) in [5, 5.41) is 20.9. The van der Waals surface area contributed by atoms with Crippen molar-refractivity contribution in [3.63, 3.8) is 0 Å². The Hall–Kier alpha value is -4.05. The van der Waals surface area contributed by atoms with Crippen molar-refractivity contribution in [3.05, 3.63) is 103 Å². The maximum Gasteiger partial charge on any atom is 0.314 e. The van der Waals surface area contributed by atoms with E-state index in [0.29, 0.717) is 17.1 Å². The first-order chi connectivity index (χ1) is 14.6. The average molecular weight is 396 g/mol. The van der Waals surface area contributed by atoms with Gasteiger partial charge >= 0.3 is 5.97 Å². The second-order valence-corrected chi connectivity index (χ2v) is 6.93. The van der Waals surface area contributed by atoms with Crippen LogP contribution >= 0.6 is 0 Å². The first-order valence-electron chi connectivity index (χ1n) is 9.51. The van der Waals surface area contributed by atoms with Gasteiger partial charge in [-0.15, -0.1) is 6.58 Å². The molecule has 148 valence electrons. The highest BCUT2D eigenvalue weighted by atomic mass is 16.5. The molecule has 0 radical (unpaired) electrons. The van der Waals surface area contributed by atoms with E-state index in [1.165, 1.54) is 6.08 Å². The maximum atomic E-state index is 11.4. The monoisotopic (exact) mass is 396 g/mol. The van der Waals surface area contributed by atoms with Crippen LogP contribution in [0.5, 0.6) is 17.2 Å². The lowest BCUT2D eigenvalue weighted by molar-refractivity contribution is -0.137. The molecule has 1 atom stereocenters. The third kappa shape index (κ3) is 3.76. The van der Waals surface area contributed by atoms with Crippen LogP contribution in [0.1, 0.15) is 11.5 Å². The van der Waals surface area contributed by atoms with Gasteiger partial charge in [-0.05, 0) is 46.8 Å². The van der Waals surface area contributed by atoms with Crippen molar-refractivity contribution in [2.45, 2.75) is 5.92 Å². The van der Waals surface area contributed by atoms with Gasteiger partial charge in [-0.25, -0.2) is 0 Å². The molecule has 0 saturated heterocycles. The van der Waals surface area contributed by atoms with Gasteiger partial charge < -0.3 is 14.9 Å². The topological polar surface area (TPSA) is 66.8 Å². The zero-order valence-electron chi connectivity index (χ0n) is 16.2. The van der Waals surface area contributed by atoms with Crippen LogP contribution in [0.3, 0.4) is 0 Å². The molecule has 4 nitrogen and oxygen atoms in total. The third-order valence-electron chi connectivity index (χ3n) is 5.02. The number of fused-ring (bicyclic) bond motifs is 1. The summed E-state index contributed by atoms with van der Waals surface area (Å²) >= 11 is 0. The summed E-state index contributed by atoms with van der Waals surface area (Å²) in [7, 11) is 0. The number of phenols is 1. The summed E-state index contributed by atoms with van der Waals surface area (Å²) in [6.07, 6.45) is 1.41. The Morgan fingerprint density at radius 1 is 0.900 bits per heavy atom. The first kappa shape index (κ1) is 19.3. The summed E-state index contributed by atoms with van der Waals surface area (Å²) in [6, 6.07) is 26.0. The fourth-order valence-corrected chi connectivity index (χ4v) is 3.46. The number of ether oxygens (including phenoxy) is 1.